The van der Waals surface area contributed by atoms with Gasteiger partial charge in [-0.25, -0.2) is 0 Å². The van der Waals surface area contributed by atoms with Crippen molar-refractivity contribution in [3.8, 4) is 0 Å². The Labute approximate surface area is 82.2 Å². The lowest BCUT2D eigenvalue weighted by Crippen LogP contribution is -2.17. The molecule has 0 aromatic rings. The number of rotatable bonds is 4. The molecule has 0 saturated heterocycles. The second kappa shape index (κ2) is 5.21. The number of ketones is 1. The Hall–Kier alpha value is -0.590. The van der Waals surface area contributed by atoms with Crippen LogP contribution >= 0.6 is 0 Å². The van der Waals surface area contributed by atoms with Crippen LogP contribution in [-0.2, 0) is 4.79 Å². The molecule has 0 aromatic carbocycles. The highest BCUT2D eigenvalue weighted by Gasteiger charge is 2.17. The molecule has 13 heavy (non-hydrogen) atoms. The van der Waals surface area contributed by atoms with Gasteiger partial charge in [-0.3, -0.25) is 4.79 Å². The minimum atomic E-state index is -0.234. The first-order valence-corrected chi connectivity index (χ1v) is 5.10. The van der Waals surface area contributed by atoms with E-state index in [-0.39, 0.29) is 11.2 Å². The zero-order valence-electron chi connectivity index (χ0n) is 9.55. The molecule has 0 aromatic heterocycles. The average molecular weight is 182 g/mol. The highest BCUT2D eigenvalue weighted by molar-refractivity contribution is 5.93. The van der Waals surface area contributed by atoms with Crippen molar-refractivity contribution in [1.82, 2.24) is 0 Å². The molecule has 1 atom stereocenters. The van der Waals surface area contributed by atoms with Crippen LogP contribution in [-0.4, -0.2) is 5.78 Å². The maximum Gasteiger partial charge on any atom is 0.160 e. The van der Waals surface area contributed by atoms with Gasteiger partial charge in [0.25, 0.3) is 0 Å². The van der Waals surface area contributed by atoms with E-state index in [4.69, 9.17) is 0 Å². The third kappa shape index (κ3) is 5.62. The lowest BCUT2D eigenvalue weighted by atomic mass is 9.90. The maximum atomic E-state index is 11.5. The largest absolute Gasteiger partial charge is 0.294 e. The molecule has 0 spiro atoms. The number of carbonyl (C=O) groups excluding carboxylic acids is 1. The number of hydrogen-bond acceptors (Lipinski definition) is 1. The Balaban J connectivity index is 4.05. The van der Waals surface area contributed by atoms with Gasteiger partial charge in [-0.15, -0.1) is 0 Å². The fourth-order valence-electron chi connectivity index (χ4n) is 1.05. The standard InChI is InChI=1S/C12H22O/c1-6-7-10(2)8-9-11(13)12(3,4)5/h8-10H,6-7H2,1-5H3/b9-8-. The predicted molar refractivity (Wildman–Crippen MR) is 57.7 cm³/mol. The van der Waals surface area contributed by atoms with Crippen LogP contribution in [0.2, 0.25) is 0 Å². The molecule has 0 radical (unpaired) electrons. The first-order valence-electron chi connectivity index (χ1n) is 5.10. The molecular weight excluding hydrogens is 160 g/mol. The molecule has 0 fully saturated rings. The SMILES string of the molecule is CCCC(C)/C=C\C(=O)C(C)(C)C. The van der Waals surface area contributed by atoms with Crippen LogP contribution in [0, 0.1) is 11.3 Å². The molecule has 0 N–H and O–H groups in total. The summed E-state index contributed by atoms with van der Waals surface area (Å²) in [7, 11) is 0. The lowest BCUT2D eigenvalue weighted by Gasteiger charge is -2.13. The molecule has 0 rings (SSSR count). The van der Waals surface area contributed by atoms with E-state index in [9.17, 15) is 4.79 Å². The van der Waals surface area contributed by atoms with Gasteiger partial charge in [-0.1, -0.05) is 47.1 Å². The van der Waals surface area contributed by atoms with Gasteiger partial charge in [0.1, 0.15) is 0 Å². The van der Waals surface area contributed by atoms with Crippen LogP contribution in [0.25, 0.3) is 0 Å². The zero-order valence-corrected chi connectivity index (χ0v) is 9.55. The lowest BCUT2D eigenvalue weighted by molar-refractivity contribution is -0.121. The van der Waals surface area contributed by atoms with Gasteiger partial charge in [-0.2, -0.15) is 0 Å². The van der Waals surface area contributed by atoms with Gasteiger partial charge < -0.3 is 0 Å². The molecule has 0 heterocycles. The van der Waals surface area contributed by atoms with Crippen molar-refractivity contribution in [3.63, 3.8) is 0 Å². The van der Waals surface area contributed by atoms with E-state index < -0.39 is 0 Å². The molecule has 0 aliphatic heterocycles. The topological polar surface area (TPSA) is 17.1 Å². The molecular formula is C12H22O. The first kappa shape index (κ1) is 12.4. The van der Waals surface area contributed by atoms with Crippen LogP contribution in [0.5, 0.6) is 0 Å². The Bertz CT molecular complexity index is 184. The molecule has 1 nitrogen and oxygen atoms in total. The second-order valence-corrected chi connectivity index (χ2v) is 4.74. The van der Waals surface area contributed by atoms with E-state index in [1.54, 1.807) is 6.08 Å². The number of hydrogen-bond donors (Lipinski definition) is 0. The van der Waals surface area contributed by atoms with Crippen molar-refractivity contribution < 1.29 is 4.79 Å². The molecule has 76 valence electrons. The van der Waals surface area contributed by atoms with E-state index in [2.05, 4.69) is 13.8 Å². The van der Waals surface area contributed by atoms with Crippen molar-refractivity contribution in [2.45, 2.75) is 47.5 Å². The molecule has 1 unspecified atom stereocenters. The number of carbonyl (C=O) groups is 1. The Morgan fingerprint density at radius 3 is 2.31 bits per heavy atom. The summed E-state index contributed by atoms with van der Waals surface area (Å²) in [5, 5.41) is 0. The van der Waals surface area contributed by atoms with E-state index >= 15 is 0 Å². The minimum absolute atomic E-state index is 0.218. The van der Waals surface area contributed by atoms with Gasteiger partial charge in [0.15, 0.2) is 5.78 Å². The Morgan fingerprint density at radius 2 is 1.92 bits per heavy atom. The van der Waals surface area contributed by atoms with E-state index in [0.717, 1.165) is 6.42 Å². The highest BCUT2D eigenvalue weighted by atomic mass is 16.1. The van der Waals surface area contributed by atoms with E-state index in [1.165, 1.54) is 6.42 Å². The Morgan fingerprint density at radius 1 is 1.38 bits per heavy atom. The van der Waals surface area contributed by atoms with Crippen molar-refractivity contribution in [3.05, 3.63) is 12.2 Å². The summed E-state index contributed by atoms with van der Waals surface area (Å²) in [6, 6.07) is 0. The van der Waals surface area contributed by atoms with Crippen LogP contribution in [0.15, 0.2) is 12.2 Å². The van der Waals surface area contributed by atoms with Crippen LogP contribution in [0.3, 0.4) is 0 Å². The van der Waals surface area contributed by atoms with E-state index in [1.807, 2.05) is 26.8 Å². The van der Waals surface area contributed by atoms with Crippen molar-refractivity contribution >= 4 is 5.78 Å². The third-order valence-electron chi connectivity index (χ3n) is 2.06. The molecule has 0 saturated carbocycles. The maximum absolute atomic E-state index is 11.5. The summed E-state index contributed by atoms with van der Waals surface area (Å²) in [5.74, 6) is 0.742. The van der Waals surface area contributed by atoms with Crippen molar-refractivity contribution in [2.75, 3.05) is 0 Å². The summed E-state index contributed by atoms with van der Waals surface area (Å²) in [5.41, 5.74) is -0.234. The molecule has 0 bridgehead atoms. The zero-order chi connectivity index (χ0) is 10.5. The minimum Gasteiger partial charge on any atom is -0.294 e. The van der Waals surface area contributed by atoms with Gasteiger partial charge in [0.2, 0.25) is 0 Å². The Kier molecular flexibility index (Phi) is 4.97. The second-order valence-electron chi connectivity index (χ2n) is 4.74. The van der Waals surface area contributed by atoms with Gasteiger partial charge in [-0.05, 0) is 18.4 Å². The van der Waals surface area contributed by atoms with Crippen LogP contribution < -0.4 is 0 Å². The van der Waals surface area contributed by atoms with E-state index in [0.29, 0.717) is 5.92 Å². The predicted octanol–water partition coefficient (Wildman–Crippen LogP) is 3.59. The fraction of sp³-hybridized carbons (Fsp3) is 0.750. The van der Waals surface area contributed by atoms with Crippen LogP contribution in [0.4, 0.5) is 0 Å². The summed E-state index contributed by atoms with van der Waals surface area (Å²) < 4.78 is 0. The normalized spacial score (nSPS) is 14.8. The summed E-state index contributed by atoms with van der Waals surface area (Å²) in [6.45, 7) is 10.2. The van der Waals surface area contributed by atoms with Crippen molar-refractivity contribution in [1.29, 1.82) is 0 Å². The van der Waals surface area contributed by atoms with Crippen molar-refractivity contribution in [2.24, 2.45) is 11.3 Å². The van der Waals surface area contributed by atoms with Gasteiger partial charge in [0, 0.05) is 5.41 Å². The monoisotopic (exact) mass is 182 g/mol. The molecule has 0 amide bonds. The summed E-state index contributed by atoms with van der Waals surface area (Å²) in [4.78, 5) is 11.5. The third-order valence-corrected chi connectivity index (χ3v) is 2.06. The molecule has 0 aliphatic rings. The average Bonchev–Trinajstić information content (AvgIpc) is 1.99. The first-order chi connectivity index (χ1) is 5.88. The molecule has 1 heteroatoms. The summed E-state index contributed by atoms with van der Waals surface area (Å²) in [6.07, 6.45) is 6.10. The van der Waals surface area contributed by atoms with Gasteiger partial charge >= 0.3 is 0 Å². The molecule has 0 aliphatic carbocycles. The highest BCUT2D eigenvalue weighted by Crippen LogP contribution is 2.16. The summed E-state index contributed by atoms with van der Waals surface area (Å²) >= 11 is 0. The van der Waals surface area contributed by atoms with Crippen LogP contribution in [0.1, 0.15) is 47.5 Å². The quantitative estimate of drug-likeness (QED) is 0.607. The fourth-order valence-corrected chi connectivity index (χ4v) is 1.05. The smallest absolute Gasteiger partial charge is 0.160 e. The van der Waals surface area contributed by atoms with Gasteiger partial charge in [0.05, 0.1) is 0 Å². The number of allylic oxidation sites excluding steroid dienone is 2.